The number of likely N-dealkylation sites (tertiary alicyclic amines) is 1. The number of hydrogen-bond acceptors (Lipinski definition) is 4. The van der Waals surface area contributed by atoms with Crippen molar-refractivity contribution in [3.05, 3.63) is 117 Å². The molecule has 0 N–H and O–H groups in total. The Kier molecular flexibility index (Phi) is 7.15. The van der Waals surface area contributed by atoms with Crippen molar-refractivity contribution in [2.24, 2.45) is 7.05 Å². The molecule has 0 atom stereocenters. The van der Waals surface area contributed by atoms with Crippen molar-refractivity contribution in [3.8, 4) is 5.69 Å². The highest BCUT2D eigenvalue weighted by molar-refractivity contribution is 9.10. The summed E-state index contributed by atoms with van der Waals surface area (Å²) in [4.78, 5) is 33.9. The van der Waals surface area contributed by atoms with E-state index in [1.165, 1.54) is 5.56 Å². The predicted octanol–water partition coefficient (Wildman–Crippen LogP) is 5.09. The van der Waals surface area contributed by atoms with E-state index < -0.39 is 5.54 Å². The molecule has 3 aromatic carbocycles. The summed E-state index contributed by atoms with van der Waals surface area (Å²) >= 11 is 3.58. The van der Waals surface area contributed by atoms with Crippen LogP contribution < -0.4 is 10.5 Å². The van der Waals surface area contributed by atoms with Gasteiger partial charge in [-0.25, -0.2) is 4.68 Å². The number of anilines is 1. The zero-order chi connectivity index (χ0) is 27.9. The number of halogens is 1. The lowest BCUT2D eigenvalue weighted by Gasteiger charge is -2.43. The van der Waals surface area contributed by atoms with Crippen molar-refractivity contribution in [2.45, 2.75) is 38.4 Å². The van der Waals surface area contributed by atoms with E-state index in [4.69, 9.17) is 0 Å². The van der Waals surface area contributed by atoms with Gasteiger partial charge in [-0.15, -0.1) is 0 Å². The van der Waals surface area contributed by atoms with E-state index >= 15 is 0 Å². The summed E-state index contributed by atoms with van der Waals surface area (Å²) in [6.45, 7) is 5.44. The Hall–Kier alpha value is -3.62. The van der Waals surface area contributed by atoms with Crippen LogP contribution in [0.1, 0.15) is 29.7 Å². The molecule has 0 unspecified atom stereocenters. The number of carbonyl (C=O) groups is 1. The number of aromatic nitrogens is 2. The fourth-order valence-corrected chi connectivity index (χ4v) is 6.73. The quantitative estimate of drug-likeness (QED) is 0.310. The number of benzene rings is 3. The zero-order valence-corrected chi connectivity index (χ0v) is 24.5. The number of hydrogen-bond donors (Lipinski definition) is 0. The molecule has 2 saturated heterocycles. The van der Waals surface area contributed by atoms with Crippen LogP contribution >= 0.6 is 15.9 Å². The van der Waals surface area contributed by atoms with E-state index in [1.807, 2.05) is 65.2 Å². The van der Waals surface area contributed by atoms with Gasteiger partial charge in [-0.1, -0.05) is 66.2 Å². The van der Waals surface area contributed by atoms with Crippen molar-refractivity contribution in [1.82, 2.24) is 19.2 Å². The van der Waals surface area contributed by atoms with E-state index in [1.54, 1.807) is 4.68 Å². The normalized spacial score (nSPS) is 17.2. The van der Waals surface area contributed by atoms with E-state index in [9.17, 15) is 9.59 Å². The molecule has 2 aliphatic heterocycles. The Bertz CT molecular complexity index is 1550. The second-order valence-corrected chi connectivity index (χ2v) is 11.7. The maximum absolute atomic E-state index is 14.1. The van der Waals surface area contributed by atoms with Gasteiger partial charge in [0.15, 0.2) is 0 Å². The highest BCUT2D eigenvalue weighted by atomic mass is 79.9. The van der Waals surface area contributed by atoms with Gasteiger partial charge in [0, 0.05) is 38.9 Å². The number of carbonyl (C=O) groups excluding carboxylic acids is 1. The molecule has 6 rings (SSSR count). The molecule has 2 fully saturated rings. The second kappa shape index (κ2) is 10.7. The molecule has 0 aliphatic carbocycles. The van der Waals surface area contributed by atoms with Crippen LogP contribution in [0, 0.1) is 6.92 Å². The Balaban J connectivity index is 1.23. The fourth-order valence-electron chi connectivity index (χ4n) is 6.18. The maximum atomic E-state index is 14.1. The molecule has 2 aliphatic rings. The minimum Gasteiger partial charge on any atom is -0.339 e. The second-order valence-electron chi connectivity index (χ2n) is 10.9. The van der Waals surface area contributed by atoms with Crippen molar-refractivity contribution >= 4 is 27.5 Å². The Labute approximate surface area is 243 Å². The van der Waals surface area contributed by atoms with Crippen LogP contribution in [-0.4, -0.2) is 50.4 Å². The van der Waals surface area contributed by atoms with E-state index in [0.29, 0.717) is 24.2 Å². The van der Waals surface area contributed by atoms with Crippen LogP contribution in [0.2, 0.25) is 0 Å². The molecule has 206 valence electrons. The van der Waals surface area contributed by atoms with Crippen LogP contribution in [0.5, 0.6) is 0 Å². The first-order valence-corrected chi connectivity index (χ1v) is 14.6. The zero-order valence-electron chi connectivity index (χ0n) is 23.0. The molecular weight excluding hydrogens is 566 g/mol. The molecule has 0 saturated carbocycles. The molecule has 1 spiro atoms. The number of rotatable bonds is 6. The largest absolute Gasteiger partial charge is 0.339 e. The van der Waals surface area contributed by atoms with Crippen molar-refractivity contribution in [3.63, 3.8) is 0 Å². The molecule has 8 heteroatoms. The minimum absolute atomic E-state index is 0.0647. The van der Waals surface area contributed by atoms with Crippen LogP contribution in [-0.2, 0) is 24.9 Å². The maximum Gasteiger partial charge on any atom is 0.286 e. The van der Waals surface area contributed by atoms with Crippen LogP contribution in [0.3, 0.4) is 0 Å². The number of piperidine rings is 1. The van der Waals surface area contributed by atoms with Crippen LogP contribution in [0.25, 0.3) is 5.69 Å². The molecule has 7 nitrogen and oxygen atoms in total. The molecule has 40 heavy (non-hydrogen) atoms. The molecule has 0 radical (unpaired) electrons. The third-order valence-electron chi connectivity index (χ3n) is 8.46. The summed E-state index contributed by atoms with van der Waals surface area (Å²) in [5, 5.41) is 0. The third kappa shape index (κ3) is 4.69. The van der Waals surface area contributed by atoms with Crippen LogP contribution in [0.15, 0.2) is 94.2 Å². The van der Waals surface area contributed by atoms with Gasteiger partial charge in [0.05, 0.1) is 18.1 Å². The van der Waals surface area contributed by atoms with Gasteiger partial charge in [-0.2, -0.15) is 0 Å². The van der Waals surface area contributed by atoms with E-state index in [0.717, 1.165) is 48.6 Å². The van der Waals surface area contributed by atoms with Crippen LogP contribution in [0.4, 0.5) is 5.69 Å². The molecule has 3 heterocycles. The number of para-hydroxylation sites is 2. The van der Waals surface area contributed by atoms with E-state index in [-0.39, 0.29) is 11.5 Å². The minimum atomic E-state index is -0.568. The fraction of sp³-hybridized carbons (Fsp3) is 0.312. The smallest absolute Gasteiger partial charge is 0.286 e. The standard InChI is InChI=1S/C32H34BrN5O2/c1-24-13-15-25(16-14-24)21-36-23-37(26-9-5-3-6-10-26)32(31(36)40)17-19-35(20-18-32)22-28-29(33)30(39)38(34(28)2)27-11-7-4-8-12-27/h3-16H,17-23H2,1-2H3. The van der Waals surface area contributed by atoms with Crippen molar-refractivity contribution < 1.29 is 4.79 Å². The molecule has 1 amide bonds. The SMILES string of the molecule is Cc1ccc(CN2CN(c3ccccc3)C3(CCN(Cc4c(Br)c(=O)n(-c5ccccc5)n4C)CC3)C2=O)cc1. The summed E-state index contributed by atoms with van der Waals surface area (Å²) in [7, 11) is 1.93. The van der Waals surface area contributed by atoms with Gasteiger partial charge in [0.2, 0.25) is 5.91 Å². The Morgan fingerprint density at radius 1 is 0.800 bits per heavy atom. The lowest BCUT2D eigenvalue weighted by Crippen LogP contribution is -2.56. The summed E-state index contributed by atoms with van der Waals surface area (Å²) in [5.41, 5.74) is 4.59. The van der Waals surface area contributed by atoms with Gasteiger partial charge in [0.1, 0.15) is 10.0 Å². The Morgan fingerprint density at radius 2 is 1.40 bits per heavy atom. The highest BCUT2D eigenvalue weighted by Crippen LogP contribution is 2.40. The van der Waals surface area contributed by atoms with Gasteiger partial charge in [0.25, 0.3) is 5.56 Å². The first-order valence-electron chi connectivity index (χ1n) is 13.8. The molecule has 0 bridgehead atoms. The molecule has 4 aromatic rings. The number of nitrogens with zero attached hydrogens (tertiary/aromatic N) is 5. The first kappa shape index (κ1) is 26.6. The van der Waals surface area contributed by atoms with Gasteiger partial charge in [-0.3, -0.25) is 19.2 Å². The topological polar surface area (TPSA) is 53.7 Å². The summed E-state index contributed by atoms with van der Waals surface area (Å²) < 4.78 is 4.23. The monoisotopic (exact) mass is 599 g/mol. The summed E-state index contributed by atoms with van der Waals surface area (Å²) in [6, 6.07) is 28.5. The van der Waals surface area contributed by atoms with Crippen molar-refractivity contribution in [1.29, 1.82) is 0 Å². The third-order valence-corrected chi connectivity index (χ3v) is 9.25. The first-order chi connectivity index (χ1) is 19.4. The Morgan fingerprint density at radius 3 is 2.02 bits per heavy atom. The average Bonchev–Trinajstić information content (AvgIpc) is 3.36. The summed E-state index contributed by atoms with van der Waals surface area (Å²) in [5.74, 6) is 0.209. The van der Waals surface area contributed by atoms with Gasteiger partial charge < -0.3 is 9.80 Å². The van der Waals surface area contributed by atoms with Gasteiger partial charge in [-0.05, 0) is 65.5 Å². The number of aryl methyl sites for hydroxylation is 1. The summed E-state index contributed by atoms with van der Waals surface area (Å²) in [6.07, 6.45) is 1.46. The molecule has 1 aromatic heterocycles. The highest BCUT2D eigenvalue weighted by Gasteiger charge is 2.53. The van der Waals surface area contributed by atoms with Gasteiger partial charge >= 0.3 is 0 Å². The van der Waals surface area contributed by atoms with Crippen molar-refractivity contribution in [2.75, 3.05) is 24.7 Å². The number of amides is 1. The van der Waals surface area contributed by atoms with E-state index in [2.05, 4.69) is 69.1 Å². The molecular formula is C32H34BrN5O2. The lowest BCUT2D eigenvalue weighted by molar-refractivity contribution is -0.134. The average molecular weight is 601 g/mol. The predicted molar refractivity (Wildman–Crippen MR) is 161 cm³/mol. The lowest BCUT2D eigenvalue weighted by atomic mass is 9.85.